The fourth-order valence-electron chi connectivity index (χ4n) is 0.810. The number of rotatable bonds is 1. The summed E-state index contributed by atoms with van der Waals surface area (Å²) >= 11 is 5.57. The number of benzene rings is 1. The van der Waals surface area contributed by atoms with Gasteiger partial charge in [-0.2, -0.15) is 0 Å². The van der Waals surface area contributed by atoms with Crippen LogP contribution in [0.3, 0.4) is 0 Å². The summed E-state index contributed by atoms with van der Waals surface area (Å²) in [5.74, 6) is 3.05. The Hall–Kier alpha value is 0.340. The summed E-state index contributed by atoms with van der Waals surface area (Å²) in [6.07, 6.45) is 0. The van der Waals surface area contributed by atoms with Crippen LogP contribution in [0.5, 0.6) is 0 Å². The van der Waals surface area contributed by atoms with E-state index in [2.05, 4.69) is 60.4 Å². The van der Waals surface area contributed by atoms with Crippen molar-refractivity contribution in [2.24, 2.45) is 0 Å². The van der Waals surface area contributed by atoms with Gasteiger partial charge in [0.05, 0.1) is 0 Å². The van der Waals surface area contributed by atoms with Crippen molar-refractivity contribution in [2.45, 2.75) is 5.33 Å². The molecule has 3 heteroatoms. The van der Waals surface area contributed by atoms with Gasteiger partial charge in [0.2, 0.25) is 0 Å². The van der Waals surface area contributed by atoms with Crippen molar-refractivity contribution in [3.8, 4) is 11.2 Å². The maximum Gasteiger partial charge on any atom is 0.0283 e. The van der Waals surface area contributed by atoms with E-state index in [1.165, 1.54) is 14.5 Å². The summed E-state index contributed by atoms with van der Waals surface area (Å²) in [6.45, 7) is 0. The molecule has 0 aliphatic carbocycles. The van der Waals surface area contributed by atoms with E-state index in [1.54, 1.807) is 0 Å². The van der Waals surface area contributed by atoms with Crippen LogP contribution in [-0.4, -0.2) is 0 Å². The van der Waals surface area contributed by atoms with E-state index in [9.17, 15) is 0 Å². The Morgan fingerprint density at radius 3 is 3.00 bits per heavy atom. The monoisotopic (exact) mass is 352 g/mol. The van der Waals surface area contributed by atoms with Gasteiger partial charge in [-0.1, -0.05) is 34.0 Å². The van der Waals surface area contributed by atoms with Gasteiger partial charge >= 0.3 is 0 Å². The van der Waals surface area contributed by atoms with Gasteiger partial charge < -0.3 is 0 Å². The number of alkyl halides is 1. The van der Waals surface area contributed by atoms with E-state index < -0.39 is 0 Å². The smallest absolute Gasteiger partial charge is 0.0283 e. The third-order valence-electron chi connectivity index (χ3n) is 1.32. The Bertz CT molecular complexity index is 314. The lowest BCUT2D eigenvalue weighted by Gasteiger charge is -1.94. The molecule has 0 nitrogen and oxygen atoms in total. The van der Waals surface area contributed by atoms with Gasteiger partial charge in [-0.15, -0.1) is 0 Å². The van der Waals surface area contributed by atoms with E-state index >= 15 is 0 Å². The van der Waals surface area contributed by atoms with Crippen molar-refractivity contribution in [1.82, 2.24) is 0 Å². The Morgan fingerprint density at radius 1 is 1.50 bits per heavy atom. The Balaban J connectivity index is 2.86. The highest BCUT2D eigenvalue weighted by Gasteiger charge is 1.89. The zero-order chi connectivity index (χ0) is 8.81. The first-order valence-electron chi connectivity index (χ1n) is 3.30. The SMILES string of the molecule is BrCc1cccc(C#CSI)c1. The number of halogens is 2. The summed E-state index contributed by atoms with van der Waals surface area (Å²) in [4.78, 5) is 0. The Labute approximate surface area is 97.2 Å². The van der Waals surface area contributed by atoms with E-state index in [0.717, 1.165) is 10.9 Å². The largest absolute Gasteiger partial charge is 0.0876 e. The van der Waals surface area contributed by atoms with E-state index in [-0.39, 0.29) is 0 Å². The van der Waals surface area contributed by atoms with Gasteiger partial charge in [-0.25, -0.2) is 0 Å². The normalized spacial score (nSPS) is 8.83. The van der Waals surface area contributed by atoms with Crippen LogP contribution >= 0.6 is 46.1 Å². The molecule has 0 unspecified atom stereocenters. The molecule has 1 rings (SSSR count). The summed E-state index contributed by atoms with van der Waals surface area (Å²) < 4.78 is 0. The fraction of sp³-hybridized carbons (Fsp3) is 0.111. The van der Waals surface area contributed by atoms with Crippen molar-refractivity contribution < 1.29 is 0 Å². The minimum Gasteiger partial charge on any atom is -0.0876 e. The van der Waals surface area contributed by atoms with Crippen LogP contribution in [0.4, 0.5) is 0 Å². The minimum absolute atomic E-state index is 0.889. The first-order valence-corrected chi connectivity index (χ1v) is 7.78. The maximum atomic E-state index is 3.40. The van der Waals surface area contributed by atoms with Gasteiger partial charge in [0.1, 0.15) is 0 Å². The summed E-state index contributed by atoms with van der Waals surface area (Å²) in [7, 11) is 1.51. The second-order valence-corrected chi connectivity index (χ2v) is 4.38. The highest BCUT2D eigenvalue weighted by Crippen LogP contribution is 2.10. The second-order valence-electron chi connectivity index (χ2n) is 2.14. The standard InChI is InChI=1S/C9H6BrIS/c10-7-9-3-1-2-8(6-9)4-5-12-11/h1-3,6H,7H2. The molecule has 12 heavy (non-hydrogen) atoms. The van der Waals surface area contributed by atoms with Crippen molar-refractivity contribution in [3.05, 3.63) is 35.4 Å². The molecule has 0 aliphatic rings. The molecule has 0 saturated carbocycles. The molecule has 0 atom stereocenters. The molecule has 0 fully saturated rings. The van der Waals surface area contributed by atoms with E-state index in [1.807, 2.05) is 12.1 Å². The minimum atomic E-state index is 0.889. The van der Waals surface area contributed by atoms with Crippen molar-refractivity contribution in [1.29, 1.82) is 0 Å². The molecule has 1 aromatic carbocycles. The summed E-state index contributed by atoms with van der Waals surface area (Å²) in [6, 6.07) is 8.22. The van der Waals surface area contributed by atoms with Crippen LogP contribution in [0.25, 0.3) is 0 Å². The molecular formula is C9H6BrIS. The van der Waals surface area contributed by atoms with Crippen LogP contribution < -0.4 is 0 Å². The van der Waals surface area contributed by atoms with E-state index in [0.29, 0.717) is 0 Å². The number of hydrogen-bond acceptors (Lipinski definition) is 1. The molecule has 0 saturated heterocycles. The Kier molecular flexibility index (Phi) is 5.12. The average molecular weight is 353 g/mol. The first-order chi connectivity index (χ1) is 5.86. The van der Waals surface area contributed by atoms with Crippen molar-refractivity contribution in [3.63, 3.8) is 0 Å². The molecule has 62 valence electrons. The zero-order valence-electron chi connectivity index (χ0n) is 6.18. The third-order valence-corrected chi connectivity index (χ3v) is 2.80. The molecule has 0 radical (unpaired) electrons. The molecule has 0 bridgehead atoms. The van der Waals surface area contributed by atoms with Crippen molar-refractivity contribution in [2.75, 3.05) is 0 Å². The molecule has 0 spiro atoms. The summed E-state index contributed by atoms with van der Waals surface area (Å²) in [5.41, 5.74) is 2.34. The zero-order valence-corrected chi connectivity index (χ0v) is 10.7. The third kappa shape index (κ3) is 3.38. The predicted molar refractivity (Wildman–Crippen MR) is 67.6 cm³/mol. The molecule has 0 N–H and O–H groups in total. The highest BCUT2D eigenvalue weighted by atomic mass is 127. The lowest BCUT2D eigenvalue weighted by molar-refractivity contribution is 1.42. The molecule has 1 aromatic rings. The number of hydrogen-bond donors (Lipinski definition) is 0. The molecule has 0 amide bonds. The van der Waals surface area contributed by atoms with Crippen LogP contribution in [0.2, 0.25) is 0 Å². The molecule has 0 aromatic heterocycles. The van der Waals surface area contributed by atoms with Gasteiger partial charge in [-0.05, 0) is 31.9 Å². The van der Waals surface area contributed by atoms with Gasteiger partial charge in [0.15, 0.2) is 0 Å². The van der Waals surface area contributed by atoms with Crippen LogP contribution in [0.1, 0.15) is 11.1 Å². The molecular weight excluding hydrogens is 347 g/mol. The fourth-order valence-corrected chi connectivity index (χ4v) is 1.65. The average Bonchev–Trinajstić information content (AvgIpc) is 2.15. The van der Waals surface area contributed by atoms with Crippen LogP contribution in [-0.2, 0) is 5.33 Å². The van der Waals surface area contributed by atoms with Gasteiger partial charge in [0.25, 0.3) is 0 Å². The van der Waals surface area contributed by atoms with Crippen LogP contribution in [0.15, 0.2) is 24.3 Å². The quantitative estimate of drug-likeness (QED) is 0.418. The molecule has 0 heterocycles. The lowest BCUT2D eigenvalue weighted by atomic mass is 10.1. The van der Waals surface area contributed by atoms with Gasteiger partial charge in [-0.3, -0.25) is 0 Å². The molecule has 0 aliphatic heterocycles. The second kappa shape index (κ2) is 5.90. The first kappa shape index (κ1) is 10.4. The topological polar surface area (TPSA) is 0 Å². The van der Waals surface area contributed by atoms with Crippen LogP contribution in [0, 0.1) is 11.2 Å². The Morgan fingerprint density at radius 2 is 2.33 bits per heavy atom. The van der Waals surface area contributed by atoms with E-state index in [4.69, 9.17) is 0 Å². The van der Waals surface area contributed by atoms with Gasteiger partial charge in [0, 0.05) is 32.1 Å². The lowest BCUT2D eigenvalue weighted by Crippen LogP contribution is -1.78. The van der Waals surface area contributed by atoms with Crippen molar-refractivity contribution >= 4 is 46.1 Å². The highest BCUT2D eigenvalue weighted by molar-refractivity contribution is 14.2. The maximum absolute atomic E-state index is 3.40. The predicted octanol–water partition coefficient (Wildman–Crippen LogP) is 3.97. The summed E-state index contributed by atoms with van der Waals surface area (Å²) in [5, 5.41) is 3.84.